The van der Waals surface area contributed by atoms with Crippen LogP contribution in [0.15, 0.2) is 78.9 Å². The molecule has 0 bridgehead atoms. The zero-order valence-corrected chi connectivity index (χ0v) is 42.6. The summed E-state index contributed by atoms with van der Waals surface area (Å²) in [5.74, 6) is -0.653. The molecule has 7 aromatic rings. The summed E-state index contributed by atoms with van der Waals surface area (Å²) in [7, 11) is 1.86. The number of carboxylic acids is 1. The van der Waals surface area contributed by atoms with Crippen molar-refractivity contribution < 1.29 is 34.1 Å². The van der Waals surface area contributed by atoms with Gasteiger partial charge in [-0.15, -0.1) is 0 Å². The Hall–Kier alpha value is -7.19. The number of aryl methyl sites for hydroxylation is 1. The number of thiazole rings is 1. The number of likely N-dealkylation sites (tertiary alicyclic amines) is 1. The SMILES string of the molecule is Cc1c(-c2ccc(N3CCc4cccc(C(=O)Nc5nc6ccccc6s5)c4C3)nc2C(=O)O)c#ccc1OC1CCC(CCCCN2CCC[C@](O)(c3cccc4c(C5CCC(=O)NC5=O)nn(C)c34)C2)CC1. The molecule has 6 heterocycles. The number of carbonyl (C=O) groups is 4. The van der Waals surface area contributed by atoms with Crippen molar-refractivity contribution in [1.82, 2.24) is 30.0 Å². The molecule has 3 aliphatic heterocycles. The molecule has 4 N–H and O–H groups in total. The molecule has 380 valence electrons. The molecular weight excluding hydrogens is 953 g/mol. The number of rotatable bonds is 14. The van der Waals surface area contributed by atoms with Crippen molar-refractivity contribution in [1.29, 1.82) is 0 Å². The molecule has 15 nitrogen and oxygen atoms in total. The van der Waals surface area contributed by atoms with Gasteiger partial charge >= 0.3 is 5.97 Å². The van der Waals surface area contributed by atoms with E-state index >= 15 is 0 Å². The minimum atomic E-state index is -1.15. The number of unbranched alkanes of at least 4 members (excludes halogenated alkanes) is 1. The maximum atomic E-state index is 13.7. The summed E-state index contributed by atoms with van der Waals surface area (Å²) in [5.41, 5.74) is 6.36. The molecule has 4 aliphatic rings. The number of pyridine rings is 1. The van der Waals surface area contributed by atoms with Gasteiger partial charge in [0.05, 0.1) is 33.4 Å². The number of hydrogen-bond donors (Lipinski definition) is 4. The number of amides is 3. The van der Waals surface area contributed by atoms with E-state index in [2.05, 4.69) is 32.7 Å². The fourth-order valence-corrected chi connectivity index (χ4v) is 12.8. The molecule has 0 spiro atoms. The molecule has 74 heavy (non-hydrogen) atoms. The lowest BCUT2D eigenvalue weighted by atomic mass is 9.83. The normalized spacial score (nSPS) is 21.3. The van der Waals surface area contributed by atoms with Crippen molar-refractivity contribution in [2.24, 2.45) is 13.0 Å². The molecule has 3 fully saturated rings. The number of imide groups is 1. The minimum absolute atomic E-state index is 0.0400. The summed E-state index contributed by atoms with van der Waals surface area (Å²) >= 11 is 1.43. The molecule has 2 saturated heterocycles. The number of benzene rings is 3. The summed E-state index contributed by atoms with van der Waals surface area (Å²) in [4.78, 5) is 64.9. The number of fused-ring (bicyclic) bond motifs is 3. The number of aliphatic hydroxyl groups is 1. The second-order valence-corrected chi connectivity index (χ2v) is 21.6. The van der Waals surface area contributed by atoms with Crippen LogP contribution in [0, 0.1) is 25.0 Å². The first kappa shape index (κ1) is 49.0. The molecule has 4 aromatic carbocycles. The highest BCUT2D eigenvalue weighted by atomic mass is 32.1. The monoisotopic (exact) mass is 1010 g/mol. The predicted molar refractivity (Wildman–Crippen MR) is 283 cm³/mol. The average Bonchev–Trinajstić information content (AvgIpc) is 3.98. The van der Waals surface area contributed by atoms with Crippen LogP contribution >= 0.6 is 11.3 Å². The van der Waals surface area contributed by atoms with Gasteiger partial charge in [0, 0.05) is 72.4 Å². The lowest BCUT2D eigenvalue weighted by Gasteiger charge is -2.40. The third kappa shape index (κ3) is 9.83. The molecule has 2 atom stereocenters. The van der Waals surface area contributed by atoms with Crippen LogP contribution in [0.5, 0.6) is 5.75 Å². The van der Waals surface area contributed by atoms with Crippen LogP contribution in [0.2, 0.25) is 0 Å². The zero-order valence-electron chi connectivity index (χ0n) is 41.8. The molecule has 11 rings (SSSR count). The number of carbonyl (C=O) groups excluding carboxylic acids is 3. The van der Waals surface area contributed by atoms with Crippen molar-refractivity contribution in [3.05, 3.63) is 130 Å². The molecule has 3 aromatic heterocycles. The Balaban J connectivity index is 0.680. The first-order valence-corrected chi connectivity index (χ1v) is 26.8. The van der Waals surface area contributed by atoms with Gasteiger partial charge in [-0.1, -0.05) is 78.8 Å². The summed E-state index contributed by atoms with van der Waals surface area (Å²) in [6, 6.07) is 31.1. The van der Waals surface area contributed by atoms with Crippen LogP contribution in [0.4, 0.5) is 10.9 Å². The number of nitrogens with one attached hydrogen (secondary N) is 2. The summed E-state index contributed by atoms with van der Waals surface area (Å²) < 4.78 is 9.42. The van der Waals surface area contributed by atoms with Gasteiger partial charge < -0.3 is 24.7 Å². The maximum absolute atomic E-state index is 13.7. The fourth-order valence-electron chi connectivity index (χ4n) is 11.9. The number of piperidine rings is 2. The van der Waals surface area contributed by atoms with E-state index < -0.39 is 17.5 Å². The smallest absolute Gasteiger partial charge is 0.355 e. The van der Waals surface area contributed by atoms with Gasteiger partial charge in [-0.3, -0.25) is 29.7 Å². The molecule has 0 radical (unpaired) electrons. The summed E-state index contributed by atoms with van der Waals surface area (Å²) in [5, 5.41) is 34.4. The van der Waals surface area contributed by atoms with E-state index in [9.17, 15) is 29.4 Å². The van der Waals surface area contributed by atoms with E-state index in [4.69, 9.17) is 14.8 Å². The van der Waals surface area contributed by atoms with Gasteiger partial charge in [-0.25, -0.2) is 14.8 Å². The van der Waals surface area contributed by atoms with Crippen LogP contribution < -0.4 is 20.3 Å². The number of anilines is 2. The van der Waals surface area contributed by atoms with Crippen LogP contribution in [0.3, 0.4) is 0 Å². The number of β-amino-alcohol motifs (C(OH)–C–C–N with tert-alkyl or cyclic N) is 1. The molecule has 1 saturated carbocycles. The van der Waals surface area contributed by atoms with Gasteiger partial charge in [0.2, 0.25) is 11.8 Å². The van der Waals surface area contributed by atoms with Crippen molar-refractivity contribution >= 4 is 67.1 Å². The largest absolute Gasteiger partial charge is 0.489 e. The first-order chi connectivity index (χ1) is 35.9. The quantitative estimate of drug-likeness (QED) is 0.0597. The fraction of sp³-hybridized carbons (Fsp3) is 0.397. The summed E-state index contributed by atoms with van der Waals surface area (Å²) in [6.07, 6.45) is 10.3. The molecule has 3 amide bonds. The number of ether oxygens (including phenoxy) is 1. The number of hydrogen-bond acceptors (Lipinski definition) is 12. The average molecular weight is 1010 g/mol. The Morgan fingerprint density at radius 1 is 0.959 bits per heavy atom. The second kappa shape index (κ2) is 20.6. The van der Waals surface area contributed by atoms with Crippen molar-refractivity contribution in [2.75, 3.05) is 36.4 Å². The molecule has 16 heteroatoms. The van der Waals surface area contributed by atoms with Gasteiger partial charge in [-0.2, -0.15) is 5.10 Å². The number of aromatic carboxylic acids is 1. The topological polar surface area (TPSA) is 192 Å². The van der Waals surface area contributed by atoms with E-state index in [0.29, 0.717) is 83.9 Å². The Morgan fingerprint density at radius 3 is 2.62 bits per heavy atom. The van der Waals surface area contributed by atoms with Gasteiger partial charge in [0.25, 0.3) is 5.91 Å². The number of para-hydroxylation sites is 2. The van der Waals surface area contributed by atoms with Crippen LogP contribution in [-0.4, -0.2) is 90.8 Å². The second-order valence-electron chi connectivity index (χ2n) is 20.6. The third-order valence-corrected chi connectivity index (χ3v) is 16.7. The molecule has 1 unspecified atom stereocenters. The van der Waals surface area contributed by atoms with Crippen molar-refractivity contribution in [3.63, 3.8) is 0 Å². The van der Waals surface area contributed by atoms with Crippen LogP contribution in [-0.2, 0) is 35.2 Å². The predicted octanol–water partition coefficient (Wildman–Crippen LogP) is 9.28. The van der Waals surface area contributed by atoms with E-state index in [1.807, 2.05) is 85.6 Å². The first-order valence-electron chi connectivity index (χ1n) is 26.0. The Kier molecular flexibility index (Phi) is 13.7. The highest BCUT2D eigenvalue weighted by molar-refractivity contribution is 7.22. The van der Waals surface area contributed by atoms with Gasteiger partial charge in [-0.05, 0) is 125 Å². The Morgan fingerprint density at radius 2 is 1.80 bits per heavy atom. The maximum Gasteiger partial charge on any atom is 0.355 e. The lowest BCUT2D eigenvalue weighted by Crippen LogP contribution is -2.46. The van der Waals surface area contributed by atoms with Crippen molar-refractivity contribution in [3.8, 4) is 16.9 Å². The highest BCUT2D eigenvalue weighted by Crippen LogP contribution is 2.40. The third-order valence-electron chi connectivity index (χ3n) is 15.8. The van der Waals surface area contributed by atoms with Crippen LogP contribution in [0.1, 0.15) is 125 Å². The van der Waals surface area contributed by atoms with E-state index in [-0.39, 0.29) is 35.9 Å². The summed E-state index contributed by atoms with van der Waals surface area (Å²) in [6.45, 7) is 5.33. The lowest BCUT2D eigenvalue weighted by molar-refractivity contribution is -0.134. The zero-order chi connectivity index (χ0) is 51.1. The van der Waals surface area contributed by atoms with E-state index in [0.717, 1.165) is 108 Å². The van der Waals surface area contributed by atoms with E-state index in [1.165, 1.54) is 11.3 Å². The van der Waals surface area contributed by atoms with Crippen molar-refractivity contribution in [2.45, 2.75) is 108 Å². The van der Waals surface area contributed by atoms with Gasteiger partial charge in [0.15, 0.2) is 10.8 Å². The Labute approximate surface area is 434 Å². The number of aromatic nitrogens is 4. The minimum Gasteiger partial charge on any atom is -0.489 e. The highest BCUT2D eigenvalue weighted by Gasteiger charge is 2.39. The van der Waals surface area contributed by atoms with E-state index in [1.54, 1.807) is 16.8 Å². The molecule has 1 aliphatic carbocycles. The number of carboxylic acid groups (broad SMARTS) is 1. The number of nitrogens with zero attached hydrogens (tertiary/aromatic N) is 6. The standard InChI is InChI=1S/C58H60N8O7S/c1-35-39(40-24-26-49(60-52(40)56(70)71)66-32-28-37-12-7-14-41(44(37)33-66)54(68)62-57-59-46-17-3-4-19-48(46)74-57)13-9-18-47(35)73-38-22-20-36(21-23-38)11-5-6-30-65-31-10-29-58(72,34-65)45-16-8-15-42-51(63-64(2)53(42)45)43-25-27-50(67)61-55(43)69/h3-4,7-8,12,14-19,24,26,36,38,43,72H,5-6,10-11,20-23,25,27-34H2,1-2H3,(H,70,71)(H,59,62,68)(H,61,67,69)/t36?,38?,43?,58-/m1/s1. The van der Waals surface area contributed by atoms with Gasteiger partial charge in [0.1, 0.15) is 17.2 Å². The molecular formula is C58H60N8O7S. The van der Waals surface area contributed by atoms with Crippen LogP contribution in [0.25, 0.3) is 32.2 Å². The Bertz CT molecular complexity index is 3270.